The molecule has 0 saturated carbocycles. The Kier molecular flexibility index (Phi) is 7.30. The molecule has 1 aromatic heterocycles. The molecule has 0 radical (unpaired) electrons. The Morgan fingerprint density at radius 3 is 2.16 bits per heavy atom. The number of esters is 3. The van der Waals surface area contributed by atoms with Gasteiger partial charge in [0.1, 0.15) is 5.75 Å². The second-order valence-electron chi connectivity index (χ2n) is 8.09. The van der Waals surface area contributed by atoms with Gasteiger partial charge < -0.3 is 19.1 Å². The Bertz CT molecular complexity index is 1290. The van der Waals surface area contributed by atoms with Gasteiger partial charge in [-0.1, -0.05) is 36.4 Å². The van der Waals surface area contributed by atoms with Gasteiger partial charge in [0.05, 0.1) is 5.52 Å². The predicted molar refractivity (Wildman–Crippen MR) is 124 cm³/mol. The van der Waals surface area contributed by atoms with Crippen molar-refractivity contribution in [2.75, 3.05) is 31.1 Å². The molecule has 1 aliphatic rings. The van der Waals surface area contributed by atoms with Crippen LogP contribution in [0, 0.1) is 0 Å². The van der Waals surface area contributed by atoms with Gasteiger partial charge in [0.25, 0.3) is 0 Å². The van der Waals surface area contributed by atoms with Crippen molar-refractivity contribution >= 4 is 34.5 Å². The number of aromatic nitrogens is 1. The number of para-hydroxylation sites is 2. The summed E-state index contributed by atoms with van der Waals surface area (Å²) in [5.41, 5.74) is 1.59. The van der Waals surface area contributed by atoms with Crippen molar-refractivity contribution in [3.63, 3.8) is 0 Å². The highest BCUT2D eigenvalue weighted by Gasteiger charge is 2.58. The van der Waals surface area contributed by atoms with Crippen molar-refractivity contribution in [2.45, 2.75) is 19.0 Å². The van der Waals surface area contributed by atoms with E-state index in [1.165, 1.54) is 24.3 Å². The maximum Gasteiger partial charge on any atom is 0.491 e. The second kappa shape index (κ2) is 10.4. The summed E-state index contributed by atoms with van der Waals surface area (Å²) in [4.78, 5) is 44.0. The summed E-state index contributed by atoms with van der Waals surface area (Å²) in [7, 11) is 0. The van der Waals surface area contributed by atoms with Crippen LogP contribution in [0.3, 0.4) is 0 Å². The number of nitrogens with zero attached hydrogens (tertiary/aromatic N) is 3. The summed E-state index contributed by atoms with van der Waals surface area (Å²) in [5.74, 6) is -8.49. The predicted octanol–water partition coefficient (Wildman–Crippen LogP) is 3.28. The molecule has 0 aliphatic carbocycles. The van der Waals surface area contributed by atoms with Crippen LogP contribution in [0.5, 0.6) is 5.75 Å². The lowest BCUT2D eigenvalue weighted by atomic mass is 10.1. The van der Waals surface area contributed by atoms with Gasteiger partial charge in [0.15, 0.2) is 0 Å². The third-order valence-electron chi connectivity index (χ3n) is 5.62. The van der Waals surface area contributed by atoms with E-state index in [1.54, 1.807) is 18.3 Å². The number of piperazine rings is 1. The molecule has 9 nitrogen and oxygen atoms in total. The van der Waals surface area contributed by atoms with E-state index in [-0.39, 0.29) is 31.9 Å². The number of carbonyl (C=O) groups is 3. The molecule has 4 rings (SSSR count). The van der Waals surface area contributed by atoms with Gasteiger partial charge in [0, 0.05) is 50.4 Å². The number of benzene rings is 2. The monoisotopic (exact) mass is 517 g/mol. The minimum Gasteiger partial charge on any atom is -0.431 e. The lowest BCUT2D eigenvalue weighted by Gasteiger charge is -2.44. The van der Waals surface area contributed by atoms with Crippen LogP contribution in [-0.2, 0) is 23.9 Å². The lowest BCUT2D eigenvalue weighted by Crippen LogP contribution is -2.67. The van der Waals surface area contributed by atoms with E-state index >= 15 is 0 Å². The number of halogens is 3. The fourth-order valence-corrected chi connectivity index (χ4v) is 3.99. The fourth-order valence-electron chi connectivity index (χ4n) is 3.99. The molecule has 1 fully saturated rings. The molecule has 1 saturated heterocycles. The summed E-state index contributed by atoms with van der Waals surface area (Å²) in [6, 6.07) is 16.6. The molecule has 2 aromatic carbocycles. The fraction of sp³-hybridized carbons (Fsp3) is 0.280. The van der Waals surface area contributed by atoms with Crippen molar-refractivity contribution in [3.05, 3.63) is 66.9 Å². The average molecular weight is 517 g/mol. The zero-order chi connectivity index (χ0) is 26.6. The third kappa shape index (κ3) is 5.64. The summed E-state index contributed by atoms with van der Waals surface area (Å²) >= 11 is 0. The van der Waals surface area contributed by atoms with Crippen LogP contribution in [0.4, 0.5) is 18.9 Å². The first-order chi connectivity index (χ1) is 17.6. The van der Waals surface area contributed by atoms with Crippen LogP contribution >= 0.6 is 0 Å². The molecule has 37 heavy (non-hydrogen) atoms. The van der Waals surface area contributed by atoms with E-state index in [4.69, 9.17) is 9.47 Å². The van der Waals surface area contributed by atoms with Gasteiger partial charge in [-0.05, 0) is 24.3 Å². The zero-order valence-corrected chi connectivity index (χ0v) is 19.6. The van der Waals surface area contributed by atoms with Crippen LogP contribution in [0.2, 0.25) is 0 Å². The molecule has 3 aromatic rings. The number of hydrogen-bond donors (Lipinski definition) is 0. The SMILES string of the molecule is CC(=O)OC(=O)C(OC(=O)C(F)(F)F)(Oc1ccccc1)N1CCN(c2ccnc3ccccc23)CC1. The number of ether oxygens (including phenoxy) is 3. The normalized spacial score (nSPS) is 16.1. The van der Waals surface area contributed by atoms with Crippen molar-refractivity contribution in [1.29, 1.82) is 0 Å². The first-order valence-corrected chi connectivity index (χ1v) is 11.2. The van der Waals surface area contributed by atoms with Crippen LogP contribution in [0.25, 0.3) is 10.9 Å². The first-order valence-electron chi connectivity index (χ1n) is 11.2. The molecule has 1 atom stereocenters. The van der Waals surface area contributed by atoms with Crippen molar-refractivity contribution < 1.29 is 41.8 Å². The standard InChI is InChI=1S/C25H22F3N3O6/c1-17(32)35-23(34)25(37-22(33)24(26,27)28,36-18-7-3-2-4-8-18)31-15-13-30(14-16-31)21-11-12-29-20-10-6-5-9-19(20)21/h2-12H,13-16H2,1H3. The Hall–Kier alpha value is -4.19. The van der Waals surface area contributed by atoms with Crippen molar-refractivity contribution in [3.8, 4) is 5.75 Å². The summed E-state index contributed by atoms with van der Waals surface area (Å²) in [5, 5.41) is 0.865. The molecular formula is C25H22F3N3O6. The highest BCUT2D eigenvalue weighted by molar-refractivity contribution is 5.92. The van der Waals surface area contributed by atoms with E-state index in [0.717, 1.165) is 28.4 Å². The van der Waals surface area contributed by atoms with Gasteiger partial charge >= 0.3 is 30.0 Å². The number of rotatable bonds is 6. The molecule has 0 amide bonds. The van der Waals surface area contributed by atoms with E-state index in [0.29, 0.717) is 0 Å². The quantitative estimate of drug-likeness (QED) is 0.277. The lowest BCUT2D eigenvalue weighted by molar-refractivity contribution is -0.283. The Balaban J connectivity index is 1.69. The molecule has 0 N–H and O–H groups in total. The van der Waals surface area contributed by atoms with Crippen molar-refractivity contribution in [1.82, 2.24) is 9.88 Å². The van der Waals surface area contributed by atoms with E-state index in [2.05, 4.69) is 9.72 Å². The Morgan fingerprint density at radius 1 is 0.865 bits per heavy atom. The highest BCUT2D eigenvalue weighted by atomic mass is 19.4. The maximum atomic E-state index is 13.3. The number of alkyl halides is 3. The summed E-state index contributed by atoms with van der Waals surface area (Å²) in [6.07, 6.45) is -3.80. The Labute approximate surface area is 209 Å². The van der Waals surface area contributed by atoms with Gasteiger partial charge in [-0.15, -0.1) is 0 Å². The average Bonchev–Trinajstić information content (AvgIpc) is 2.87. The second-order valence-corrected chi connectivity index (χ2v) is 8.09. The van der Waals surface area contributed by atoms with Gasteiger partial charge in [-0.25, -0.2) is 14.5 Å². The molecule has 0 bridgehead atoms. The number of fused-ring (bicyclic) bond motifs is 1. The summed E-state index contributed by atoms with van der Waals surface area (Å²) < 4.78 is 54.7. The third-order valence-corrected chi connectivity index (χ3v) is 5.62. The van der Waals surface area contributed by atoms with Gasteiger partial charge in [0.2, 0.25) is 0 Å². The number of carbonyl (C=O) groups excluding carboxylic acids is 3. The highest BCUT2D eigenvalue weighted by Crippen LogP contribution is 2.32. The molecule has 194 valence electrons. The van der Waals surface area contributed by atoms with Crippen LogP contribution in [0.15, 0.2) is 66.9 Å². The molecular weight excluding hydrogens is 495 g/mol. The van der Waals surface area contributed by atoms with Crippen molar-refractivity contribution in [2.24, 2.45) is 0 Å². The summed E-state index contributed by atoms with van der Waals surface area (Å²) in [6.45, 7) is 1.15. The minimum atomic E-state index is -5.44. The Morgan fingerprint density at radius 2 is 1.51 bits per heavy atom. The largest absolute Gasteiger partial charge is 0.491 e. The molecule has 12 heteroatoms. The molecule has 1 aliphatic heterocycles. The van der Waals surface area contributed by atoms with Crippen LogP contribution in [0.1, 0.15) is 6.92 Å². The van der Waals surface area contributed by atoms with Crippen LogP contribution in [-0.4, -0.2) is 66.1 Å². The zero-order valence-electron chi connectivity index (χ0n) is 19.6. The number of hydrogen-bond acceptors (Lipinski definition) is 9. The smallest absolute Gasteiger partial charge is 0.431 e. The molecule has 1 unspecified atom stereocenters. The van der Waals surface area contributed by atoms with Gasteiger partial charge in [-0.2, -0.15) is 13.2 Å². The van der Waals surface area contributed by atoms with E-state index in [1.807, 2.05) is 29.2 Å². The first kappa shape index (κ1) is 25.9. The topological polar surface area (TPSA) is 98.3 Å². The van der Waals surface area contributed by atoms with Crippen LogP contribution < -0.4 is 9.64 Å². The van der Waals surface area contributed by atoms with E-state index in [9.17, 15) is 27.6 Å². The van der Waals surface area contributed by atoms with E-state index < -0.39 is 30.0 Å². The minimum absolute atomic E-state index is 0.0817. The molecule has 2 heterocycles. The number of pyridine rings is 1. The molecule has 0 spiro atoms. The van der Waals surface area contributed by atoms with Gasteiger partial charge in [-0.3, -0.25) is 9.78 Å². The maximum absolute atomic E-state index is 13.3. The number of anilines is 1.